The topological polar surface area (TPSA) is 69.9 Å². The van der Waals surface area contributed by atoms with Crippen molar-refractivity contribution in [1.29, 1.82) is 0 Å². The summed E-state index contributed by atoms with van der Waals surface area (Å²) in [6.07, 6.45) is -0.227. The predicted octanol–water partition coefficient (Wildman–Crippen LogP) is 4.63. The number of hydrogen-bond acceptors (Lipinski definition) is 5. The molecule has 7 heteroatoms. The van der Waals surface area contributed by atoms with E-state index in [1.807, 2.05) is 49.4 Å². The molecule has 1 aliphatic carbocycles. The smallest absolute Gasteiger partial charge is 0.251 e. The van der Waals surface area contributed by atoms with Crippen molar-refractivity contribution in [3.8, 4) is 0 Å². The van der Waals surface area contributed by atoms with Crippen LogP contribution in [0.2, 0.25) is 0 Å². The van der Waals surface area contributed by atoms with Crippen LogP contribution in [0.5, 0.6) is 0 Å². The van der Waals surface area contributed by atoms with Gasteiger partial charge in [-0.15, -0.1) is 11.8 Å². The number of hydrogen-bond donors (Lipinski definition) is 3. The van der Waals surface area contributed by atoms with Gasteiger partial charge in [-0.1, -0.05) is 48.5 Å². The Morgan fingerprint density at radius 3 is 2.39 bits per heavy atom. The van der Waals surface area contributed by atoms with Crippen LogP contribution in [0.25, 0.3) is 5.57 Å². The largest absolute Gasteiger partial charge is 0.387 e. The Bertz CT molecular complexity index is 1010. The summed E-state index contributed by atoms with van der Waals surface area (Å²) in [5.41, 5.74) is 5.31. The number of rotatable bonds is 5. The van der Waals surface area contributed by atoms with Crippen molar-refractivity contribution in [1.82, 2.24) is 0 Å². The fourth-order valence-electron chi connectivity index (χ4n) is 4.49. The number of aliphatic hydroxyl groups is 3. The molecule has 1 heterocycles. The molecule has 1 fully saturated rings. The van der Waals surface area contributed by atoms with Gasteiger partial charge in [0.25, 0.3) is 5.92 Å². The molecule has 5 atom stereocenters. The first-order valence-corrected chi connectivity index (χ1v) is 12.5. The quantitative estimate of drug-likeness (QED) is 0.587. The van der Waals surface area contributed by atoms with E-state index in [1.165, 1.54) is 11.8 Å². The molecule has 4 rings (SSSR count). The lowest BCUT2D eigenvalue weighted by atomic mass is 9.89. The normalized spacial score (nSPS) is 29.5. The van der Waals surface area contributed by atoms with Crippen LogP contribution in [-0.2, 0) is 11.2 Å². The Balaban J connectivity index is 1.51. The van der Waals surface area contributed by atoms with E-state index in [0.717, 1.165) is 33.4 Å². The van der Waals surface area contributed by atoms with Crippen molar-refractivity contribution in [3.05, 3.63) is 76.4 Å². The maximum atomic E-state index is 13.4. The summed E-state index contributed by atoms with van der Waals surface area (Å²) in [5, 5.41) is 30.9. The van der Waals surface area contributed by atoms with Gasteiger partial charge in [0.05, 0.1) is 0 Å². The second-order valence-corrected chi connectivity index (χ2v) is 9.92. The molecule has 0 spiro atoms. The molecule has 0 aromatic heterocycles. The number of halogens is 2. The number of allylic oxidation sites excluding steroid dienone is 2. The van der Waals surface area contributed by atoms with Gasteiger partial charge in [0.1, 0.15) is 29.9 Å². The first kappa shape index (κ1) is 24.4. The van der Waals surface area contributed by atoms with Crippen molar-refractivity contribution in [2.45, 2.75) is 68.4 Å². The molecule has 0 radical (unpaired) electrons. The standard InChI is InChI=1S/C26H30F2O4S/c1-15-3-6-19(24-22(30)21(29)23(31)25(32-24)33-2)14-20(15)13-16-4-7-17(8-5-16)18-9-11-26(27,28)12-10-18/h3-9,14,21-25,29-31H,10-13H2,1-2H3/t21-,22?,23?,24?,25-/m1/s1. The van der Waals surface area contributed by atoms with E-state index >= 15 is 0 Å². The zero-order valence-corrected chi connectivity index (χ0v) is 19.6. The van der Waals surface area contributed by atoms with Crippen molar-refractivity contribution < 1.29 is 28.8 Å². The second-order valence-electron chi connectivity index (χ2n) is 8.98. The van der Waals surface area contributed by atoms with E-state index in [2.05, 4.69) is 0 Å². The summed E-state index contributed by atoms with van der Waals surface area (Å²) in [6.45, 7) is 2.02. The van der Waals surface area contributed by atoms with Crippen LogP contribution >= 0.6 is 11.8 Å². The highest BCUT2D eigenvalue weighted by Gasteiger charge is 2.44. The van der Waals surface area contributed by atoms with E-state index < -0.39 is 35.8 Å². The summed E-state index contributed by atoms with van der Waals surface area (Å²) in [4.78, 5) is 0. The number of benzene rings is 2. The zero-order chi connectivity index (χ0) is 23.8. The van der Waals surface area contributed by atoms with Gasteiger partial charge in [-0.3, -0.25) is 0 Å². The molecule has 3 N–H and O–H groups in total. The predicted molar refractivity (Wildman–Crippen MR) is 126 cm³/mol. The highest BCUT2D eigenvalue weighted by Crippen LogP contribution is 2.38. The highest BCUT2D eigenvalue weighted by molar-refractivity contribution is 7.99. The molecule has 3 unspecified atom stereocenters. The van der Waals surface area contributed by atoms with Gasteiger partial charge in [-0.05, 0) is 59.4 Å². The van der Waals surface area contributed by atoms with Gasteiger partial charge in [0, 0.05) is 12.8 Å². The first-order chi connectivity index (χ1) is 15.7. The van der Waals surface area contributed by atoms with Crippen molar-refractivity contribution in [2.24, 2.45) is 0 Å². The van der Waals surface area contributed by atoms with E-state index in [4.69, 9.17) is 4.74 Å². The maximum absolute atomic E-state index is 13.4. The van der Waals surface area contributed by atoms with Crippen molar-refractivity contribution in [2.75, 3.05) is 6.26 Å². The SMILES string of the molecule is CS[C@H]1OC(c2ccc(C)c(Cc3ccc(C4=CCC(F)(F)CC4)cc3)c2)C(O)[C@@H](O)C1O. The first-order valence-electron chi connectivity index (χ1n) is 11.2. The van der Waals surface area contributed by atoms with Crippen molar-refractivity contribution in [3.63, 3.8) is 0 Å². The Kier molecular flexibility index (Phi) is 7.26. The minimum Gasteiger partial charge on any atom is -0.387 e. The lowest BCUT2D eigenvalue weighted by Crippen LogP contribution is -2.52. The maximum Gasteiger partial charge on any atom is 0.251 e. The molecule has 2 aromatic carbocycles. The summed E-state index contributed by atoms with van der Waals surface area (Å²) >= 11 is 1.29. The van der Waals surface area contributed by atoms with Gasteiger partial charge in [-0.2, -0.15) is 0 Å². The highest BCUT2D eigenvalue weighted by atomic mass is 32.2. The molecule has 33 heavy (non-hydrogen) atoms. The molecule has 1 saturated heterocycles. The van der Waals surface area contributed by atoms with Gasteiger partial charge in [0.2, 0.25) is 0 Å². The van der Waals surface area contributed by atoms with Gasteiger partial charge >= 0.3 is 0 Å². The fourth-order valence-corrected chi connectivity index (χ4v) is 5.16. The van der Waals surface area contributed by atoms with E-state index in [9.17, 15) is 24.1 Å². The molecule has 0 bridgehead atoms. The van der Waals surface area contributed by atoms with Crippen LogP contribution in [0.4, 0.5) is 8.78 Å². The number of aliphatic hydroxyl groups excluding tert-OH is 3. The molecule has 2 aliphatic rings. The summed E-state index contributed by atoms with van der Waals surface area (Å²) in [6, 6.07) is 13.8. The number of aryl methyl sites for hydroxylation is 1. The van der Waals surface area contributed by atoms with Crippen LogP contribution < -0.4 is 0 Å². The van der Waals surface area contributed by atoms with Crippen LogP contribution in [0.15, 0.2) is 48.5 Å². The average molecular weight is 477 g/mol. The van der Waals surface area contributed by atoms with Crippen molar-refractivity contribution >= 4 is 17.3 Å². The minimum atomic E-state index is -2.59. The summed E-state index contributed by atoms with van der Waals surface area (Å²) in [5.74, 6) is -2.59. The third-order valence-corrected chi connectivity index (χ3v) is 7.48. The third kappa shape index (κ3) is 5.33. The Hall–Kier alpha value is -1.77. The average Bonchev–Trinajstić information content (AvgIpc) is 2.80. The lowest BCUT2D eigenvalue weighted by molar-refractivity contribution is -0.200. The molecule has 0 amide bonds. The van der Waals surface area contributed by atoms with Crippen LogP contribution in [0.1, 0.15) is 53.2 Å². The summed E-state index contributed by atoms with van der Waals surface area (Å²) < 4.78 is 32.7. The third-order valence-electron chi connectivity index (χ3n) is 6.63. The van der Waals surface area contributed by atoms with E-state index in [0.29, 0.717) is 12.8 Å². The number of alkyl halides is 2. The number of ether oxygens (including phenoxy) is 1. The fraction of sp³-hybridized carbons (Fsp3) is 0.462. The molecular formula is C26H30F2O4S. The summed E-state index contributed by atoms with van der Waals surface area (Å²) in [7, 11) is 0. The Morgan fingerprint density at radius 2 is 1.76 bits per heavy atom. The molecule has 4 nitrogen and oxygen atoms in total. The van der Waals surface area contributed by atoms with E-state index in [1.54, 1.807) is 12.3 Å². The van der Waals surface area contributed by atoms with Gasteiger partial charge in [0.15, 0.2) is 0 Å². The van der Waals surface area contributed by atoms with Crippen LogP contribution in [0.3, 0.4) is 0 Å². The van der Waals surface area contributed by atoms with Gasteiger partial charge < -0.3 is 20.1 Å². The molecular weight excluding hydrogens is 446 g/mol. The van der Waals surface area contributed by atoms with E-state index in [-0.39, 0.29) is 12.8 Å². The second kappa shape index (κ2) is 9.84. The minimum absolute atomic E-state index is 0.106. The van der Waals surface area contributed by atoms with Crippen LogP contribution in [-0.4, -0.2) is 51.2 Å². The molecule has 0 saturated carbocycles. The molecule has 2 aromatic rings. The lowest BCUT2D eigenvalue weighted by Gasteiger charge is -2.40. The monoisotopic (exact) mass is 476 g/mol. The van der Waals surface area contributed by atoms with Gasteiger partial charge in [-0.25, -0.2) is 8.78 Å². The Morgan fingerprint density at radius 1 is 1.03 bits per heavy atom. The zero-order valence-electron chi connectivity index (χ0n) is 18.7. The number of thioether (sulfide) groups is 1. The molecule has 178 valence electrons. The molecule has 1 aliphatic heterocycles. The Labute approximate surface area is 197 Å². The van der Waals surface area contributed by atoms with Crippen LogP contribution in [0, 0.1) is 6.92 Å².